The number of para-hydroxylation sites is 1. The Bertz CT molecular complexity index is 1090. The van der Waals surface area contributed by atoms with Crippen LogP contribution in [0.2, 0.25) is 5.02 Å². The quantitative estimate of drug-likeness (QED) is 0.525. The van der Waals surface area contributed by atoms with Crippen molar-refractivity contribution in [2.75, 3.05) is 11.9 Å². The van der Waals surface area contributed by atoms with Crippen molar-refractivity contribution in [3.05, 3.63) is 88.7 Å². The van der Waals surface area contributed by atoms with E-state index in [2.05, 4.69) is 104 Å². The second-order valence-electron chi connectivity index (χ2n) is 7.63. The number of halogens is 1. The highest BCUT2D eigenvalue weighted by Gasteiger charge is 2.38. The van der Waals surface area contributed by atoms with E-state index in [4.69, 9.17) is 11.6 Å². The summed E-state index contributed by atoms with van der Waals surface area (Å²) in [7, 11) is 4.23. The molecule has 2 heterocycles. The van der Waals surface area contributed by atoms with Gasteiger partial charge >= 0.3 is 0 Å². The van der Waals surface area contributed by atoms with Crippen LogP contribution < -0.4 is 9.47 Å². The minimum absolute atomic E-state index is 0.0785. The van der Waals surface area contributed by atoms with Gasteiger partial charge in [0.05, 0.1) is 0 Å². The Balaban J connectivity index is 1.70. The molecule has 1 aliphatic rings. The predicted molar refractivity (Wildman–Crippen MR) is 115 cm³/mol. The maximum absolute atomic E-state index is 6.24. The normalized spacial score (nSPS) is 17.2. The van der Waals surface area contributed by atoms with Crippen LogP contribution in [-0.2, 0) is 12.5 Å². The van der Waals surface area contributed by atoms with E-state index in [0.717, 1.165) is 5.02 Å². The summed E-state index contributed by atoms with van der Waals surface area (Å²) in [6, 6.07) is 18.9. The lowest BCUT2D eigenvalue weighted by Gasteiger charge is -2.23. The van der Waals surface area contributed by atoms with Gasteiger partial charge in [-0.05, 0) is 42.0 Å². The van der Waals surface area contributed by atoms with Crippen LogP contribution in [0.4, 0.5) is 5.69 Å². The van der Waals surface area contributed by atoms with Crippen molar-refractivity contribution in [2.24, 2.45) is 7.05 Å². The number of rotatable bonds is 2. The number of aryl methyl sites for hydroxylation is 1. The third-order valence-electron chi connectivity index (χ3n) is 5.64. The number of likely N-dealkylation sites (N-methyl/N-ethyl adjacent to an activating group) is 1. The van der Waals surface area contributed by atoms with Gasteiger partial charge in [0.15, 0.2) is 0 Å². The molecular formula is C24H24ClN2+. The van der Waals surface area contributed by atoms with Gasteiger partial charge in [0.1, 0.15) is 7.05 Å². The van der Waals surface area contributed by atoms with E-state index in [9.17, 15) is 0 Å². The first-order valence-corrected chi connectivity index (χ1v) is 9.58. The number of anilines is 1. The molecule has 0 amide bonds. The van der Waals surface area contributed by atoms with Crippen molar-refractivity contribution in [2.45, 2.75) is 19.3 Å². The van der Waals surface area contributed by atoms with E-state index in [1.54, 1.807) is 0 Å². The van der Waals surface area contributed by atoms with Crippen LogP contribution in [0.5, 0.6) is 0 Å². The van der Waals surface area contributed by atoms with E-state index < -0.39 is 0 Å². The summed E-state index contributed by atoms with van der Waals surface area (Å²) in [5, 5.41) is 2.04. The summed E-state index contributed by atoms with van der Waals surface area (Å²) < 4.78 is 2.22. The first kappa shape index (κ1) is 17.8. The summed E-state index contributed by atoms with van der Waals surface area (Å²) in [6.07, 6.45) is 6.52. The average molecular weight is 376 g/mol. The van der Waals surface area contributed by atoms with Gasteiger partial charge < -0.3 is 4.90 Å². The maximum Gasteiger partial charge on any atom is 0.212 e. The summed E-state index contributed by atoms with van der Waals surface area (Å²) in [4.78, 5) is 2.26. The van der Waals surface area contributed by atoms with Crippen LogP contribution in [0, 0.1) is 0 Å². The molecule has 3 aromatic rings. The molecule has 0 spiro atoms. The number of nitrogens with zero attached hydrogens (tertiary/aromatic N) is 2. The summed E-state index contributed by atoms with van der Waals surface area (Å²) in [6.45, 7) is 4.50. The van der Waals surface area contributed by atoms with E-state index in [1.165, 1.54) is 33.5 Å². The Labute approximate surface area is 166 Å². The van der Waals surface area contributed by atoms with Gasteiger partial charge in [-0.1, -0.05) is 43.7 Å². The highest BCUT2D eigenvalue weighted by molar-refractivity contribution is 6.30. The van der Waals surface area contributed by atoms with Crippen LogP contribution in [0.3, 0.4) is 0 Å². The third-order valence-corrected chi connectivity index (χ3v) is 5.87. The molecular weight excluding hydrogens is 352 g/mol. The molecule has 2 aromatic carbocycles. The molecule has 0 atom stereocenters. The zero-order valence-corrected chi connectivity index (χ0v) is 17.0. The maximum atomic E-state index is 6.24. The second kappa shape index (κ2) is 6.54. The third kappa shape index (κ3) is 2.94. The number of allylic oxidation sites excluding steroid dienone is 3. The molecule has 0 saturated carbocycles. The van der Waals surface area contributed by atoms with E-state index in [0.29, 0.717) is 0 Å². The smallest absolute Gasteiger partial charge is 0.212 e. The molecule has 0 bridgehead atoms. The largest absolute Gasteiger partial charge is 0.347 e. The van der Waals surface area contributed by atoms with Crippen LogP contribution in [-0.4, -0.2) is 7.05 Å². The van der Waals surface area contributed by atoms with E-state index in [1.807, 2.05) is 6.07 Å². The standard InChI is InChI=1S/C24H24ClN2/c1-24(2)20-16-18(25)13-15-22(20)27(4)23(24)11-7-9-19-14-12-17-8-5-6-10-21(17)26(19)3/h5-16H,1-4H3/q+1. The van der Waals surface area contributed by atoms with Crippen LogP contribution in [0.15, 0.2) is 72.4 Å². The molecule has 0 fully saturated rings. The predicted octanol–water partition coefficient (Wildman–Crippen LogP) is 5.64. The molecule has 0 unspecified atom stereocenters. The SMILES string of the molecule is CN1C(=CC=Cc2ccc3ccccc3[n+]2C)C(C)(C)c2cc(Cl)ccc21. The molecule has 1 aliphatic heterocycles. The van der Waals surface area contributed by atoms with Crippen molar-refractivity contribution in [1.29, 1.82) is 0 Å². The van der Waals surface area contributed by atoms with E-state index in [-0.39, 0.29) is 5.41 Å². The summed E-state index contributed by atoms with van der Waals surface area (Å²) in [5.74, 6) is 0. The number of pyridine rings is 1. The molecule has 2 nitrogen and oxygen atoms in total. The Hall–Kier alpha value is -2.58. The summed E-state index contributed by atoms with van der Waals surface area (Å²) in [5.41, 5.74) is 6.08. The van der Waals surface area contributed by atoms with Gasteiger partial charge in [-0.2, -0.15) is 4.57 Å². The van der Waals surface area contributed by atoms with Crippen molar-refractivity contribution in [3.8, 4) is 0 Å². The number of fused-ring (bicyclic) bond motifs is 2. The van der Waals surface area contributed by atoms with Crippen molar-refractivity contribution < 1.29 is 4.57 Å². The first-order chi connectivity index (χ1) is 12.9. The monoisotopic (exact) mass is 375 g/mol. The fourth-order valence-corrected chi connectivity index (χ4v) is 4.25. The lowest BCUT2D eigenvalue weighted by atomic mass is 9.84. The molecule has 1 aromatic heterocycles. The van der Waals surface area contributed by atoms with Crippen molar-refractivity contribution in [1.82, 2.24) is 0 Å². The van der Waals surface area contributed by atoms with Gasteiger partial charge in [0, 0.05) is 52.5 Å². The summed E-state index contributed by atoms with van der Waals surface area (Å²) >= 11 is 6.24. The second-order valence-corrected chi connectivity index (χ2v) is 8.07. The minimum atomic E-state index is -0.0785. The minimum Gasteiger partial charge on any atom is -0.347 e. The van der Waals surface area contributed by atoms with Gasteiger partial charge in [0.25, 0.3) is 0 Å². The molecule has 0 aliphatic carbocycles. The topological polar surface area (TPSA) is 7.12 Å². The molecule has 27 heavy (non-hydrogen) atoms. The number of benzene rings is 2. The Kier molecular flexibility index (Phi) is 4.32. The van der Waals surface area contributed by atoms with Gasteiger partial charge in [-0.3, -0.25) is 0 Å². The number of aromatic nitrogens is 1. The molecule has 4 rings (SSSR count). The van der Waals surface area contributed by atoms with Gasteiger partial charge in [-0.15, -0.1) is 0 Å². The Morgan fingerprint density at radius 3 is 2.63 bits per heavy atom. The zero-order chi connectivity index (χ0) is 19.2. The molecule has 136 valence electrons. The van der Waals surface area contributed by atoms with Gasteiger partial charge in [-0.25, -0.2) is 0 Å². The van der Waals surface area contributed by atoms with E-state index >= 15 is 0 Å². The highest BCUT2D eigenvalue weighted by atomic mass is 35.5. The average Bonchev–Trinajstić information content (AvgIpc) is 2.84. The lowest BCUT2D eigenvalue weighted by molar-refractivity contribution is -0.646. The molecule has 0 saturated heterocycles. The number of hydrogen-bond donors (Lipinski definition) is 0. The highest BCUT2D eigenvalue weighted by Crippen LogP contribution is 2.47. The fraction of sp³-hybridized carbons (Fsp3) is 0.208. The van der Waals surface area contributed by atoms with Crippen LogP contribution >= 0.6 is 11.6 Å². The van der Waals surface area contributed by atoms with Crippen molar-refractivity contribution in [3.63, 3.8) is 0 Å². The number of hydrogen-bond acceptors (Lipinski definition) is 1. The zero-order valence-electron chi connectivity index (χ0n) is 16.2. The van der Waals surface area contributed by atoms with Crippen molar-refractivity contribution >= 4 is 34.3 Å². The fourth-order valence-electron chi connectivity index (χ4n) is 4.07. The Morgan fingerprint density at radius 1 is 1.04 bits per heavy atom. The lowest BCUT2D eigenvalue weighted by Crippen LogP contribution is -2.32. The first-order valence-electron chi connectivity index (χ1n) is 9.20. The van der Waals surface area contributed by atoms with Crippen LogP contribution in [0.25, 0.3) is 17.0 Å². The van der Waals surface area contributed by atoms with Gasteiger partial charge in [0.2, 0.25) is 11.2 Å². The molecule has 0 N–H and O–H groups in total. The van der Waals surface area contributed by atoms with Crippen LogP contribution in [0.1, 0.15) is 25.1 Å². The molecule has 3 heteroatoms. The Morgan fingerprint density at radius 2 is 1.81 bits per heavy atom. The molecule has 0 radical (unpaired) electrons.